The van der Waals surface area contributed by atoms with Crippen LogP contribution in [-0.2, 0) is 6.42 Å². The van der Waals surface area contributed by atoms with Gasteiger partial charge in [-0.25, -0.2) is 0 Å². The van der Waals surface area contributed by atoms with Gasteiger partial charge in [-0.05, 0) is 72.6 Å². The Hall–Kier alpha value is -1.26. The van der Waals surface area contributed by atoms with E-state index in [0.717, 1.165) is 56.4 Å². The molecule has 0 bridgehead atoms. The Bertz CT molecular complexity index is 677. The third kappa shape index (κ3) is 4.27. The lowest BCUT2D eigenvalue weighted by atomic mass is 9.75. The maximum absolute atomic E-state index is 10.8. The number of fused-ring (bicyclic) bond motifs is 3. The second kappa shape index (κ2) is 7.29. The number of methoxy groups -OCH3 is 1. The zero-order chi connectivity index (χ0) is 19.2. The van der Waals surface area contributed by atoms with Crippen LogP contribution < -0.4 is 9.47 Å². The van der Waals surface area contributed by atoms with Gasteiger partial charge in [-0.3, -0.25) is 4.90 Å². The first-order chi connectivity index (χ1) is 12.8. The van der Waals surface area contributed by atoms with E-state index in [9.17, 15) is 5.11 Å². The number of nitrogens with zero attached hydrogens (tertiary/aromatic N) is 1. The molecule has 1 aliphatic carbocycles. The second-order valence-electron chi connectivity index (χ2n) is 10.0. The minimum atomic E-state index is -0.229. The number of aliphatic hydroxyl groups excluding tert-OH is 1. The molecule has 4 nitrogen and oxygen atoms in total. The molecule has 1 aromatic carbocycles. The van der Waals surface area contributed by atoms with E-state index in [2.05, 4.69) is 37.8 Å². The van der Waals surface area contributed by atoms with Crippen LogP contribution in [0.1, 0.15) is 63.6 Å². The summed E-state index contributed by atoms with van der Waals surface area (Å²) < 4.78 is 11.7. The number of benzene rings is 1. The van der Waals surface area contributed by atoms with Crippen molar-refractivity contribution in [3.63, 3.8) is 0 Å². The van der Waals surface area contributed by atoms with Crippen LogP contribution in [0.3, 0.4) is 0 Å². The van der Waals surface area contributed by atoms with E-state index < -0.39 is 0 Å². The molecule has 0 aromatic heterocycles. The number of ether oxygens (including phenoxy) is 2. The predicted molar refractivity (Wildman–Crippen MR) is 107 cm³/mol. The minimum Gasteiger partial charge on any atom is -0.493 e. The van der Waals surface area contributed by atoms with Crippen molar-refractivity contribution in [2.45, 2.75) is 65.0 Å². The number of hydrogen-bond acceptors (Lipinski definition) is 4. The van der Waals surface area contributed by atoms with Gasteiger partial charge in [-0.15, -0.1) is 0 Å². The molecular formula is C23H35NO3. The van der Waals surface area contributed by atoms with Crippen molar-refractivity contribution in [1.29, 1.82) is 0 Å². The van der Waals surface area contributed by atoms with E-state index in [1.54, 1.807) is 7.11 Å². The highest BCUT2D eigenvalue weighted by molar-refractivity contribution is 5.49. The van der Waals surface area contributed by atoms with Crippen LogP contribution in [-0.4, -0.2) is 42.9 Å². The van der Waals surface area contributed by atoms with Crippen molar-refractivity contribution >= 4 is 0 Å². The predicted octanol–water partition coefficient (Wildman–Crippen LogP) is 4.20. The fraction of sp³-hybridized carbons (Fsp3) is 0.739. The van der Waals surface area contributed by atoms with Gasteiger partial charge < -0.3 is 14.6 Å². The molecule has 4 rings (SSSR count). The Morgan fingerprint density at radius 3 is 2.63 bits per heavy atom. The maximum Gasteiger partial charge on any atom is 0.161 e. The van der Waals surface area contributed by atoms with Gasteiger partial charge in [0.05, 0.1) is 19.8 Å². The summed E-state index contributed by atoms with van der Waals surface area (Å²) in [5, 5.41) is 10.8. The summed E-state index contributed by atoms with van der Waals surface area (Å²) in [4.78, 5) is 2.58. The minimum absolute atomic E-state index is 0.229. The average Bonchev–Trinajstić information content (AvgIpc) is 3.43. The van der Waals surface area contributed by atoms with Crippen LogP contribution in [0.2, 0.25) is 0 Å². The van der Waals surface area contributed by atoms with Crippen molar-refractivity contribution in [2.75, 3.05) is 26.8 Å². The van der Waals surface area contributed by atoms with Crippen LogP contribution in [0, 0.1) is 17.3 Å². The van der Waals surface area contributed by atoms with E-state index in [4.69, 9.17) is 9.47 Å². The van der Waals surface area contributed by atoms with Gasteiger partial charge in [0.2, 0.25) is 0 Å². The summed E-state index contributed by atoms with van der Waals surface area (Å²) >= 11 is 0. The molecule has 2 fully saturated rings. The van der Waals surface area contributed by atoms with E-state index in [0.29, 0.717) is 12.0 Å². The van der Waals surface area contributed by atoms with Crippen LogP contribution >= 0.6 is 0 Å². The molecule has 0 radical (unpaired) electrons. The first-order valence-electron chi connectivity index (χ1n) is 10.6. The number of rotatable bonds is 5. The normalized spacial score (nSPS) is 28.4. The van der Waals surface area contributed by atoms with E-state index in [-0.39, 0.29) is 11.5 Å². The van der Waals surface area contributed by atoms with Crippen molar-refractivity contribution in [3.05, 3.63) is 23.3 Å². The SMILES string of the molecule is COc1cc2c(cc1OCC1CC1)CCN1CC(CC(C)(C)C)C(O)CC21. The van der Waals surface area contributed by atoms with Crippen LogP contribution in [0.4, 0.5) is 0 Å². The third-order valence-electron chi connectivity index (χ3n) is 6.42. The summed E-state index contributed by atoms with van der Waals surface area (Å²) in [6.07, 6.45) is 5.29. The Morgan fingerprint density at radius 2 is 1.96 bits per heavy atom. The molecule has 3 unspecified atom stereocenters. The zero-order valence-electron chi connectivity index (χ0n) is 17.3. The summed E-state index contributed by atoms with van der Waals surface area (Å²) in [5.41, 5.74) is 2.94. The number of piperidine rings is 1. The lowest BCUT2D eigenvalue weighted by Crippen LogP contribution is -2.48. The lowest BCUT2D eigenvalue weighted by Gasteiger charge is -2.47. The molecule has 1 saturated carbocycles. The van der Waals surface area contributed by atoms with Crippen LogP contribution in [0.25, 0.3) is 0 Å². The average molecular weight is 374 g/mol. The van der Waals surface area contributed by atoms with Crippen molar-refractivity contribution < 1.29 is 14.6 Å². The third-order valence-corrected chi connectivity index (χ3v) is 6.42. The summed E-state index contributed by atoms with van der Waals surface area (Å²) in [7, 11) is 1.72. The molecule has 3 atom stereocenters. The fourth-order valence-corrected chi connectivity index (χ4v) is 4.85. The Morgan fingerprint density at radius 1 is 1.19 bits per heavy atom. The largest absolute Gasteiger partial charge is 0.493 e. The van der Waals surface area contributed by atoms with Gasteiger partial charge in [-0.1, -0.05) is 20.8 Å². The highest BCUT2D eigenvalue weighted by Gasteiger charge is 2.39. The Kier molecular flexibility index (Phi) is 5.15. The first kappa shape index (κ1) is 19.1. The molecule has 27 heavy (non-hydrogen) atoms. The molecule has 1 saturated heterocycles. The molecule has 3 aliphatic rings. The zero-order valence-corrected chi connectivity index (χ0v) is 17.3. The molecule has 2 heterocycles. The standard InChI is InChI=1S/C23H35NO3/c1-23(2,3)12-17-13-24-8-7-16-9-22(27-14-15-5-6-15)21(26-4)10-18(16)19(24)11-20(17)25/h9-10,15,17,19-20,25H,5-8,11-14H2,1-4H3. The summed E-state index contributed by atoms with van der Waals surface area (Å²) in [6.45, 7) is 9.67. The van der Waals surface area contributed by atoms with Gasteiger partial charge in [-0.2, -0.15) is 0 Å². The highest BCUT2D eigenvalue weighted by atomic mass is 16.5. The van der Waals surface area contributed by atoms with Crippen molar-refractivity contribution in [1.82, 2.24) is 4.90 Å². The first-order valence-corrected chi connectivity index (χ1v) is 10.6. The van der Waals surface area contributed by atoms with E-state index in [1.807, 2.05) is 0 Å². The summed E-state index contributed by atoms with van der Waals surface area (Å²) in [6, 6.07) is 4.67. The fourth-order valence-electron chi connectivity index (χ4n) is 4.85. The molecule has 0 amide bonds. The van der Waals surface area contributed by atoms with E-state index in [1.165, 1.54) is 24.0 Å². The smallest absolute Gasteiger partial charge is 0.161 e. The Balaban J connectivity index is 1.54. The molecule has 4 heteroatoms. The second-order valence-corrected chi connectivity index (χ2v) is 10.0. The number of aliphatic hydroxyl groups is 1. The molecule has 0 spiro atoms. The molecular weight excluding hydrogens is 338 g/mol. The van der Waals surface area contributed by atoms with Crippen molar-refractivity contribution in [3.8, 4) is 11.5 Å². The van der Waals surface area contributed by atoms with Crippen LogP contribution in [0.15, 0.2) is 12.1 Å². The van der Waals surface area contributed by atoms with Gasteiger partial charge >= 0.3 is 0 Å². The van der Waals surface area contributed by atoms with Gasteiger partial charge in [0.25, 0.3) is 0 Å². The Labute approximate surface area is 163 Å². The molecule has 1 N–H and O–H groups in total. The van der Waals surface area contributed by atoms with Gasteiger partial charge in [0.1, 0.15) is 0 Å². The highest BCUT2D eigenvalue weighted by Crippen LogP contribution is 2.44. The number of hydrogen-bond donors (Lipinski definition) is 1. The van der Waals surface area contributed by atoms with Gasteiger partial charge in [0, 0.05) is 19.1 Å². The molecule has 150 valence electrons. The van der Waals surface area contributed by atoms with Gasteiger partial charge in [0.15, 0.2) is 11.5 Å². The molecule has 1 aromatic rings. The van der Waals surface area contributed by atoms with Crippen LogP contribution in [0.5, 0.6) is 11.5 Å². The van der Waals surface area contributed by atoms with E-state index >= 15 is 0 Å². The monoisotopic (exact) mass is 373 g/mol. The van der Waals surface area contributed by atoms with Crippen molar-refractivity contribution in [2.24, 2.45) is 17.3 Å². The maximum atomic E-state index is 10.8. The lowest BCUT2D eigenvalue weighted by molar-refractivity contribution is -0.0259. The summed E-state index contributed by atoms with van der Waals surface area (Å²) in [5.74, 6) is 2.82. The molecule has 2 aliphatic heterocycles. The quantitative estimate of drug-likeness (QED) is 0.840. The topological polar surface area (TPSA) is 41.9 Å².